The average molecular weight is 176 g/mol. The van der Waals surface area contributed by atoms with Crippen LogP contribution in [0.1, 0.15) is 13.8 Å². The quantitative estimate of drug-likeness (QED) is 0.629. The number of carbonyl (C=O) groups excluding carboxylic acids is 1. The predicted molar refractivity (Wildman–Crippen MR) is 49.7 cm³/mol. The summed E-state index contributed by atoms with van der Waals surface area (Å²) >= 11 is 1.81. The summed E-state index contributed by atoms with van der Waals surface area (Å²) in [5.74, 6) is 1.97. The Morgan fingerprint density at radius 3 is 2.82 bits per heavy atom. The second-order valence-electron chi connectivity index (χ2n) is 2.33. The monoisotopic (exact) mass is 176 g/mol. The summed E-state index contributed by atoms with van der Waals surface area (Å²) in [7, 11) is 0. The van der Waals surface area contributed by atoms with E-state index in [0.717, 1.165) is 11.5 Å². The van der Waals surface area contributed by atoms with E-state index in [9.17, 15) is 4.79 Å². The Kier molecular flexibility index (Phi) is 6.36. The molecule has 66 valence electrons. The summed E-state index contributed by atoms with van der Waals surface area (Å²) in [5.41, 5.74) is 5.13. The molecule has 0 saturated heterocycles. The van der Waals surface area contributed by atoms with E-state index in [1.165, 1.54) is 0 Å². The molecular formula is C7H16N2OS. The van der Waals surface area contributed by atoms with Crippen molar-refractivity contribution >= 4 is 17.7 Å². The molecular weight excluding hydrogens is 160 g/mol. The Balaban J connectivity index is 3.35. The number of thioether (sulfide) groups is 1. The van der Waals surface area contributed by atoms with Gasteiger partial charge in [-0.2, -0.15) is 11.8 Å². The molecule has 0 aromatic carbocycles. The molecule has 0 radical (unpaired) electrons. The maximum atomic E-state index is 10.7. The van der Waals surface area contributed by atoms with Crippen LogP contribution in [0, 0.1) is 0 Å². The van der Waals surface area contributed by atoms with Gasteiger partial charge < -0.3 is 11.1 Å². The molecule has 0 rings (SSSR count). The first kappa shape index (κ1) is 10.8. The van der Waals surface area contributed by atoms with E-state index in [2.05, 4.69) is 12.2 Å². The van der Waals surface area contributed by atoms with Gasteiger partial charge in [0.1, 0.15) is 0 Å². The first-order chi connectivity index (χ1) is 5.20. The molecule has 0 aromatic rings. The first-order valence-corrected chi connectivity index (χ1v) is 4.93. The normalized spacial score (nSPS) is 12.6. The first-order valence-electron chi connectivity index (χ1n) is 3.77. The van der Waals surface area contributed by atoms with Crippen molar-refractivity contribution in [1.82, 2.24) is 5.32 Å². The van der Waals surface area contributed by atoms with Gasteiger partial charge in [-0.15, -0.1) is 0 Å². The van der Waals surface area contributed by atoms with E-state index in [0.29, 0.717) is 0 Å². The lowest BCUT2D eigenvalue weighted by molar-refractivity contribution is -0.120. The summed E-state index contributed by atoms with van der Waals surface area (Å²) in [6.07, 6.45) is 0. The zero-order valence-electron chi connectivity index (χ0n) is 7.09. The van der Waals surface area contributed by atoms with Gasteiger partial charge in [0.25, 0.3) is 0 Å². The van der Waals surface area contributed by atoms with Crippen molar-refractivity contribution in [2.75, 3.05) is 18.1 Å². The van der Waals surface area contributed by atoms with Gasteiger partial charge in [-0.1, -0.05) is 6.92 Å². The molecule has 1 amide bonds. The highest BCUT2D eigenvalue weighted by Gasteiger charge is 2.03. The molecule has 0 heterocycles. The van der Waals surface area contributed by atoms with E-state index in [-0.39, 0.29) is 18.5 Å². The molecule has 1 atom stereocenters. The molecule has 0 aliphatic rings. The molecule has 0 aromatic heterocycles. The topological polar surface area (TPSA) is 55.1 Å². The Labute approximate surface area is 72.1 Å². The molecule has 3 nitrogen and oxygen atoms in total. The molecule has 0 bridgehead atoms. The average Bonchev–Trinajstić information content (AvgIpc) is 2.00. The highest BCUT2D eigenvalue weighted by atomic mass is 32.2. The number of amides is 1. The van der Waals surface area contributed by atoms with Crippen molar-refractivity contribution in [2.24, 2.45) is 5.73 Å². The Morgan fingerprint density at radius 2 is 2.36 bits per heavy atom. The zero-order chi connectivity index (χ0) is 8.69. The summed E-state index contributed by atoms with van der Waals surface area (Å²) in [6.45, 7) is 4.17. The van der Waals surface area contributed by atoms with Gasteiger partial charge >= 0.3 is 0 Å². The van der Waals surface area contributed by atoms with Crippen molar-refractivity contribution < 1.29 is 4.79 Å². The molecule has 3 N–H and O–H groups in total. The number of carbonyl (C=O) groups is 1. The molecule has 1 unspecified atom stereocenters. The standard InChI is InChI=1S/C7H16N2OS/c1-3-11-5-6(2)9-7(10)4-8/h6H,3-5,8H2,1-2H3,(H,9,10). The van der Waals surface area contributed by atoms with Gasteiger partial charge in [0.15, 0.2) is 0 Å². The Hall–Kier alpha value is -0.220. The van der Waals surface area contributed by atoms with E-state index in [1.807, 2.05) is 18.7 Å². The van der Waals surface area contributed by atoms with Crippen LogP contribution in [0.25, 0.3) is 0 Å². The smallest absolute Gasteiger partial charge is 0.233 e. The number of nitrogens with two attached hydrogens (primary N) is 1. The minimum absolute atomic E-state index is 0.0748. The number of hydrogen-bond acceptors (Lipinski definition) is 3. The minimum Gasteiger partial charge on any atom is -0.352 e. The van der Waals surface area contributed by atoms with Crippen molar-refractivity contribution in [3.8, 4) is 0 Å². The lowest BCUT2D eigenvalue weighted by atomic mass is 10.4. The van der Waals surface area contributed by atoms with Crippen LogP contribution in [-0.2, 0) is 4.79 Å². The lowest BCUT2D eigenvalue weighted by Crippen LogP contribution is -2.38. The van der Waals surface area contributed by atoms with E-state index in [1.54, 1.807) is 0 Å². The summed E-state index contributed by atoms with van der Waals surface area (Å²) in [6, 6.07) is 0.232. The summed E-state index contributed by atoms with van der Waals surface area (Å²) in [4.78, 5) is 10.7. The highest BCUT2D eigenvalue weighted by Crippen LogP contribution is 2.00. The van der Waals surface area contributed by atoms with Gasteiger partial charge in [0, 0.05) is 11.8 Å². The van der Waals surface area contributed by atoms with Crippen LogP contribution in [0.4, 0.5) is 0 Å². The molecule has 0 saturated carbocycles. The maximum absolute atomic E-state index is 10.7. The number of nitrogens with one attached hydrogen (secondary N) is 1. The fourth-order valence-corrected chi connectivity index (χ4v) is 1.34. The molecule has 0 spiro atoms. The van der Waals surface area contributed by atoms with Crippen LogP contribution < -0.4 is 11.1 Å². The van der Waals surface area contributed by atoms with Gasteiger partial charge in [0.05, 0.1) is 6.54 Å². The van der Waals surface area contributed by atoms with E-state index >= 15 is 0 Å². The molecule has 11 heavy (non-hydrogen) atoms. The predicted octanol–water partition coefficient (Wildman–Crippen LogP) is 0.203. The fraction of sp³-hybridized carbons (Fsp3) is 0.857. The lowest BCUT2D eigenvalue weighted by Gasteiger charge is -2.11. The van der Waals surface area contributed by atoms with E-state index in [4.69, 9.17) is 5.73 Å². The van der Waals surface area contributed by atoms with Crippen molar-refractivity contribution in [1.29, 1.82) is 0 Å². The third-order valence-electron chi connectivity index (χ3n) is 1.16. The van der Waals surface area contributed by atoms with Crippen LogP contribution in [0.2, 0.25) is 0 Å². The minimum atomic E-state index is -0.0748. The van der Waals surface area contributed by atoms with Crippen molar-refractivity contribution in [3.05, 3.63) is 0 Å². The van der Waals surface area contributed by atoms with E-state index < -0.39 is 0 Å². The number of hydrogen-bond donors (Lipinski definition) is 2. The fourth-order valence-electron chi connectivity index (χ4n) is 0.670. The maximum Gasteiger partial charge on any atom is 0.233 e. The summed E-state index contributed by atoms with van der Waals surface area (Å²) < 4.78 is 0. The van der Waals surface area contributed by atoms with Crippen LogP contribution in [-0.4, -0.2) is 30.0 Å². The second-order valence-corrected chi connectivity index (χ2v) is 3.65. The second kappa shape index (κ2) is 6.49. The summed E-state index contributed by atoms with van der Waals surface area (Å²) in [5, 5.41) is 2.78. The van der Waals surface area contributed by atoms with Crippen LogP contribution in [0.3, 0.4) is 0 Å². The van der Waals surface area contributed by atoms with Crippen LogP contribution in [0.5, 0.6) is 0 Å². The van der Waals surface area contributed by atoms with Gasteiger partial charge in [-0.05, 0) is 12.7 Å². The molecule has 0 fully saturated rings. The molecule has 4 heteroatoms. The largest absolute Gasteiger partial charge is 0.352 e. The van der Waals surface area contributed by atoms with Crippen molar-refractivity contribution in [2.45, 2.75) is 19.9 Å². The Morgan fingerprint density at radius 1 is 1.73 bits per heavy atom. The van der Waals surface area contributed by atoms with Gasteiger partial charge in [-0.3, -0.25) is 4.79 Å². The number of rotatable bonds is 5. The van der Waals surface area contributed by atoms with Crippen LogP contribution in [0.15, 0.2) is 0 Å². The SMILES string of the molecule is CCSCC(C)NC(=O)CN. The molecule has 0 aliphatic heterocycles. The zero-order valence-corrected chi connectivity index (χ0v) is 7.91. The highest BCUT2D eigenvalue weighted by molar-refractivity contribution is 7.99. The Bertz CT molecular complexity index is 119. The van der Waals surface area contributed by atoms with Gasteiger partial charge in [-0.25, -0.2) is 0 Å². The van der Waals surface area contributed by atoms with Crippen molar-refractivity contribution in [3.63, 3.8) is 0 Å². The van der Waals surface area contributed by atoms with Gasteiger partial charge in [0.2, 0.25) is 5.91 Å². The van der Waals surface area contributed by atoms with Crippen LogP contribution >= 0.6 is 11.8 Å². The third-order valence-corrected chi connectivity index (χ3v) is 2.31. The third kappa shape index (κ3) is 6.19. The molecule has 0 aliphatic carbocycles.